The quantitative estimate of drug-likeness (QED) is 0.281. The number of aliphatic hydroxyl groups is 1. The zero-order valence-corrected chi connectivity index (χ0v) is 32.7. The molecule has 7 unspecified atom stereocenters. The monoisotopic (exact) mass is 708 g/mol. The predicted octanol–water partition coefficient (Wildman–Crippen LogP) is 6.73. The van der Waals surface area contributed by atoms with E-state index in [1.165, 1.54) is 0 Å². The van der Waals surface area contributed by atoms with Gasteiger partial charge in [0.2, 0.25) is 0 Å². The fourth-order valence-corrected chi connectivity index (χ4v) is 11.2. The van der Waals surface area contributed by atoms with Crippen molar-refractivity contribution >= 4 is 5.97 Å². The van der Waals surface area contributed by atoms with E-state index in [0.717, 1.165) is 51.4 Å². The first-order valence-electron chi connectivity index (χ1n) is 19.8. The van der Waals surface area contributed by atoms with E-state index in [2.05, 4.69) is 55.4 Å². The Labute approximate surface area is 300 Å². The van der Waals surface area contributed by atoms with E-state index in [9.17, 15) is 15.0 Å². The number of aliphatic carboxylic acids is 1. The fourth-order valence-electron chi connectivity index (χ4n) is 11.2. The van der Waals surface area contributed by atoms with Gasteiger partial charge in [-0.3, -0.25) is 4.79 Å². The van der Waals surface area contributed by atoms with Crippen LogP contribution >= 0.6 is 0 Å². The molecular weight excluding hydrogens is 640 g/mol. The van der Waals surface area contributed by atoms with Gasteiger partial charge in [-0.05, 0) is 90.4 Å². The summed E-state index contributed by atoms with van der Waals surface area (Å²) in [5, 5.41) is 20.6. The maximum absolute atomic E-state index is 11.8. The van der Waals surface area contributed by atoms with Gasteiger partial charge < -0.3 is 43.4 Å². The molecule has 0 aliphatic carbocycles. The van der Waals surface area contributed by atoms with Gasteiger partial charge in [0.1, 0.15) is 0 Å². The third-order valence-electron chi connectivity index (χ3n) is 14.4. The Balaban J connectivity index is 1.13. The molecule has 2 N–H and O–H groups in total. The molecule has 0 aromatic rings. The Morgan fingerprint density at radius 2 is 1.56 bits per heavy atom. The Bertz CT molecular complexity index is 1210. The first-order chi connectivity index (χ1) is 23.3. The van der Waals surface area contributed by atoms with Crippen LogP contribution in [0.1, 0.15) is 127 Å². The predicted molar refractivity (Wildman–Crippen MR) is 187 cm³/mol. The van der Waals surface area contributed by atoms with Gasteiger partial charge in [-0.15, -0.1) is 0 Å². The molecule has 50 heavy (non-hydrogen) atoms. The summed E-state index contributed by atoms with van der Waals surface area (Å²) in [5.74, 6) is -2.36. The fraction of sp³-hybridized carbons (Fsp3) is 0.975. The molecule has 6 heterocycles. The lowest BCUT2D eigenvalue weighted by atomic mass is 9.78. The lowest BCUT2D eigenvalue weighted by molar-refractivity contribution is -0.352. The molecule has 10 heteroatoms. The standard InChI is InChI=1S/C40H68O10/c1-21-12-13-28(45-33(21)26(6)36(41)42)18-29-19-30(44-11)27(7)40(47-29)25(5)20-38(9,50-40)32-14-15-37(8,48-32)35-23(3)17-31(46-35)34-22(2)16-24(4)39(10,43)49-34/h21-35,43H,12-20H2,1-11H3,(H,41,42)/t21-,22-,23-,24+,25?,26?,27+,28+,29+,30+,31+,32?,33?,34-,35?,37?,38?,39-,40+/m0/s1. The van der Waals surface area contributed by atoms with Crippen LogP contribution in [0.3, 0.4) is 0 Å². The number of ether oxygens (including phenoxy) is 7. The number of rotatable bonds is 8. The Hall–Kier alpha value is -0.850. The zero-order valence-electron chi connectivity index (χ0n) is 32.7. The normalized spacial score (nSPS) is 55.0. The van der Waals surface area contributed by atoms with Crippen LogP contribution in [0.5, 0.6) is 0 Å². The van der Waals surface area contributed by atoms with Crippen molar-refractivity contribution in [1.82, 2.24) is 0 Å². The van der Waals surface area contributed by atoms with Crippen molar-refractivity contribution in [1.29, 1.82) is 0 Å². The molecule has 0 aromatic heterocycles. The van der Waals surface area contributed by atoms with Crippen LogP contribution in [0.25, 0.3) is 0 Å². The molecule has 6 aliphatic rings. The van der Waals surface area contributed by atoms with E-state index in [-0.39, 0.29) is 72.5 Å². The van der Waals surface area contributed by atoms with Crippen LogP contribution in [-0.2, 0) is 38.0 Å². The molecule has 0 bridgehead atoms. The second-order valence-corrected chi connectivity index (χ2v) is 18.4. The minimum Gasteiger partial charge on any atom is -0.481 e. The van der Waals surface area contributed by atoms with Gasteiger partial charge in [0.05, 0.1) is 66.0 Å². The average Bonchev–Trinajstić information content (AvgIpc) is 3.72. The van der Waals surface area contributed by atoms with Crippen molar-refractivity contribution in [2.75, 3.05) is 7.11 Å². The Kier molecular flexibility index (Phi) is 11.0. The molecule has 1 spiro atoms. The smallest absolute Gasteiger partial charge is 0.308 e. The van der Waals surface area contributed by atoms with Gasteiger partial charge in [0.25, 0.3) is 0 Å². The highest BCUT2D eigenvalue weighted by molar-refractivity contribution is 5.70. The molecule has 6 fully saturated rings. The molecule has 6 rings (SSSR count). The second kappa shape index (κ2) is 14.1. The molecule has 0 aromatic carbocycles. The van der Waals surface area contributed by atoms with Crippen molar-refractivity contribution in [3.63, 3.8) is 0 Å². The van der Waals surface area contributed by atoms with Crippen LogP contribution in [-0.4, -0.2) is 94.9 Å². The van der Waals surface area contributed by atoms with E-state index in [0.29, 0.717) is 18.3 Å². The maximum atomic E-state index is 11.8. The molecule has 0 saturated carbocycles. The largest absolute Gasteiger partial charge is 0.481 e. The molecule has 0 radical (unpaired) electrons. The summed E-state index contributed by atoms with van der Waals surface area (Å²) >= 11 is 0. The van der Waals surface area contributed by atoms with Gasteiger partial charge in [0.15, 0.2) is 11.6 Å². The van der Waals surface area contributed by atoms with Crippen LogP contribution in [0.15, 0.2) is 0 Å². The van der Waals surface area contributed by atoms with Crippen LogP contribution < -0.4 is 0 Å². The first kappa shape index (κ1) is 38.9. The van der Waals surface area contributed by atoms with Crippen molar-refractivity contribution in [3.8, 4) is 0 Å². The number of carboxylic acids is 1. The summed E-state index contributed by atoms with van der Waals surface area (Å²) < 4.78 is 47.2. The van der Waals surface area contributed by atoms with Gasteiger partial charge in [-0.1, -0.05) is 41.5 Å². The number of carboxylic acid groups (broad SMARTS) is 1. The third kappa shape index (κ3) is 6.96. The minimum atomic E-state index is -1.15. The van der Waals surface area contributed by atoms with E-state index >= 15 is 0 Å². The van der Waals surface area contributed by atoms with Gasteiger partial charge in [-0.25, -0.2) is 0 Å². The van der Waals surface area contributed by atoms with Crippen molar-refractivity contribution in [3.05, 3.63) is 0 Å². The number of hydrogen-bond donors (Lipinski definition) is 2. The topological polar surface area (TPSA) is 122 Å². The molecule has 6 saturated heterocycles. The third-order valence-corrected chi connectivity index (χ3v) is 14.4. The van der Waals surface area contributed by atoms with Gasteiger partial charge >= 0.3 is 5.97 Å². The zero-order chi connectivity index (χ0) is 36.6. The van der Waals surface area contributed by atoms with Gasteiger partial charge in [0, 0.05) is 37.7 Å². The lowest BCUT2D eigenvalue weighted by Crippen LogP contribution is -2.58. The number of hydrogen-bond acceptors (Lipinski definition) is 9. The molecule has 10 nitrogen and oxygen atoms in total. The van der Waals surface area contributed by atoms with Crippen molar-refractivity contribution in [2.24, 2.45) is 41.4 Å². The molecule has 0 amide bonds. The Morgan fingerprint density at radius 1 is 0.840 bits per heavy atom. The summed E-state index contributed by atoms with van der Waals surface area (Å²) in [6.07, 6.45) is 6.64. The SMILES string of the molecule is CO[C@@H]1C[C@@H](C[C@H]2CC[C@H](C)C(C(C)C(=O)O)O2)O[C@]2(OC(C)(C3CCC(C)(C4O[C@@H]([C@H]5O[C@](C)(O)[C@H](C)C[C@@H]5C)C[C@@H]4C)O3)CC2C)[C@@H]1C. The molecular formula is C40H68O10. The number of carbonyl (C=O) groups is 1. The summed E-state index contributed by atoms with van der Waals surface area (Å²) in [6, 6.07) is 0. The van der Waals surface area contributed by atoms with Crippen molar-refractivity contribution < 1.29 is 48.2 Å². The highest BCUT2D eigenvalue weighted by Crippen LogP contribution is 2.57. The lowest BCUT2D eigenvalue weighted by Gasteiger charge is -2.50. The summed E-state index contributed by atoms with van der Waals surface area (Å²) in [4.78, 5) is 11.8. The average molecular weight is 709 g/mol. The van der Waals surface area contributed by atoms with E-state index in [1.54, 1.807) is 21.0 Å². The molecule has 6 aliphatic heterocycles. The highest BCUT2D eigenvalue weighted by atomic mass is 16.7. The van der Waals surface area contributed by atoms with E-state index in [1.807, 2.05) is 0 Å². The highest BCUT2D eigenvalue weighted by Gasteiger charge is 2.65. The summed E-state index contributed by atoms with van der Waals surface area (Å²) in [6.45, 7) is 21.0. The van der Waals surface area contributed by atoms with E-state index in [4.69, 9.17) is 33.2 Å². The summed E-state index contributed by atoms with van der Waals surface area (Å²) in [7, 11) is 1.78. The summed E-state index contributed by atoms with van der Waals surface area (Å²) in [5.41, 5.74) is -1.02. The van der Waals surface area contributed by atoms with Gasteiger partial charge in [-0.2, -0.15) is 0 Å². The maximum Gasteiger partial charge on any atom is 0.308 e. The second-order valence-electron chi connectivity index (χ2n) is 18.4. The van der Waals surface area contributed by atoms with E-state index < -0.39 is 34.7 Å². The Morgan fingerprint density at radius 3 is 2.24 bits per heavy atom. The minimum absolute atomic E-state index is 0.0109. The van der Waals surface area contributed by atoms with Crippen molar-refractivity contribution in [2.45, 2.75) is 199 Å². The van der Waals surface area contributed by atoms with Crippen LogP contribution in [0, 0.1) is 41.4 Å². The molecule has 288 valence electrons. The van der Waals surface area contributed by atoms with Crippen LogP contribution in [0.2, 0.25) is 0 Å². The van der Waals surface area contributed by atoms with Crippen LogP contribution in [0.4, 0.5) is 0 Å². The number of methoxy groups -OCH3 is 1. The molecule has 19 atom stereocenters. The first-order valence-corrected chi connectivity index (χ1v) is 19.8.